The number of hydrogen-bond donors (Lipinski definition) is 2. The Balaban J connectivity index is 2.86. The highest BCUT2D eigenvalue weighted by molar-refractivity contribution is 7.83. The van der Waals surface area contributed by atoms with Crippen LogP contribution in [0.4, 0.5) is 0 Å². The van der Waals surface area contributed by atoms with Crippen molar-refractivity contribution in [3.05, 3.63) is 18.2 Å². The first-order valence-electron chi connectivity index (χ1n) is 3.71. The first-order chi connectivity index (χ1) is 6.24. The minimum atomic E-state index is 0.279. The topological polar surface area (TPSA) is 29.5 Å². The molecule has 2 aromatic rings. The summed E-state index contributed by atoms with van der Waals surface area (Å²) in [5.41, 5.74) is 0. The van der Waals surface area contributed by atoms with Crippen molar-refractivity contribution < 1.29 is 9.84 Å². The van der Waals surface area contributed by atoms with Crippen LogP contribution in [-0.2, 0) is 0 Å². The number of methoxy groups -OCH3 is 1. The van der Waals surface area contributed by atoms with Crippen LogP contribution in [0.2, 0.25) is 0 Å². The van der Waals surface area contributed by atoms with E-state index in [2.05, 4.69) is 12.6 Å². The summed E-state index contributed by atoms with van der Waals surface area (Å²) in [6.07, 6.45) is 0. The Morgan fingerprint density at radius 2 is 2.23 bits per heavy atom. The van der Waals surface area contributed by atoms with Gasteiger partial charge in [-0.2, -0.15) is 0 Å². The van der Waals surface area contributed by atoms with E-state index in [4.69, 9.17) is 4.74 Å². The van der Waals surface area contributed by atoms with Gasteiger partial charge in [-0.05, 0) is 12.1 Å². The lowest BCUT2D eigenvalue weighted by atomic mass is 10.2. The van der Waals surface area contributed by atoms with Gasteiger partial charge in [0.1, 0.15) is 9.96 Å². The van der Waals surface area contributed by atoms with Gasteiger partial charge in [-0.3, -0.25) is 0 Å². The zero-order valence-electron chi connectivity index (χ0n) is 6.94. The van der Waals surface area contributed by atoms with Crippen molar-refractivity contribution in [3.8, 4) is 11.5 Å². The number of rotatable bonds is 1. The maximum atomic E-state index is 9.53. The average molecular weight is 212 g/mol. The van der Waals surface area contributed by atoms with Crippen LogP contribution in [-0.4, -0.2) is 12.2 Å². The van der Waals surface area contributed by atoms with Crippen LogP contribution in [0.25, 0.3) is 10.1 Å². The SMILES string of the molecule is COc1c(S)sc2c(O)cccc12. The quantitative estimate of drug-likeness (QED) is 0.712. The van der Waals surface area contributed by atoms with Gasteiger partial charge in [0.05, 0.1) is 11.8 Å². The van der Waals surface area contributed by atoms with Crippen LogP contribution >= 0.6 is 24.0 Å². The molecule has 1 N–H and O–H groups in total. The summed E-state index contributed by atoms with van der Waals surface area (Å²) in [5, 5.41) is 10.4. The summed E-state index contributed by atoms with van der Waals surface area (Å²) < 4.78 is 6.79. The molecule has 13 heavy (non-hydrogen) atoms. The summed E-state index contributed by atoms with van der Waals surface area (Å²) in [7, 11) is 1.60. The summed E-state index contributed by atoms with van der Waals surface area (Å²) in [6.45, 7) is 0. The molecule has 0 amide bonds. The number of phenolic OH excluding ortho intramolecular Hbond substituents is 1. The largest absolute Gasteiger partial charge is 0.506 e. The lowest BCUT2D eigenvalue weighted by Crippen LogP contribution is -1.80. The smallest absolute Gasteiger partial charge is 0.151 e. The number of benzene rings is 1. The fourth-order valence-corrected chi connectivity index (χ4v) is 2.67. The first kappa shape index (κ1) is 8.72. The van der Waals surface area contributed by atoms with Gasteiger partial charge < -0.3 is 9.84 Å². The highest BCUT2D eigenvalue weighted by atomic mass is 32.2. The second-order valence-corrected chi connectivity index (χ2v) is 4.36. The third kappa shape index (κ3) is 1.26. The molecule has 68 valence electrons. The highest BCUT2D eigenvalue weighted by Gasteiger charge is 2.11. The van der Waals surface area contributed by atoms with Gasteiger partial charge in [-0.25, -0.2) is 0 Å². The van der Waals surface area contributed by atoms with E-state index in [1.807, 2.05) is 6.07 Å². The van der Waals surface area contributed by atoms with Crippen molar-refractivity contribution in [3.63, 3.8) is 0 Å². The predicted octanol–water partition coefficient (Wildman–Crippen LogP) is 2.90. The van der Waals surface area contributed by atoms with E-state index in [0.29, 0.717) is 0 Å². The van der Waals surface area contributed by atoms with Gasteiger partial charge in [0.25, 0.3) is 0 Å². The molecule has 1 aromatic carbocycles. The minimum Gasteiger partial charge on any atom is -0.506 e. The van der Waals surface area contributed by atoms with Gasteiger partial charge in [0, 0.05) is 5.39 Å². The minimum absolute atomic E-state index is 0.279. The van der Waals surface area contributed by atoms with E-state index < -0.39 is 0 Å². The molecule has 0 aliphatic carbocycles. The van der Waals surface area contributed by atoms with Crippen LogP contribution in [0.5, 0.6) is 11.5 Å². The molecule has 0 aliphatic rings. The predicted molar refractivity (Wildman–Crippen MR) is 57.3 cm³/mol. The van der Waals surface area contributed by atoms with E-state index in [1.54, 1.807) is 19.2 Å². The zero-order chi connectivity index (χ0) is 9.42. The second-order valence-electron chi connectivity index (χ2n) is 2.59. The number of thiol groups is 1. The fourth-order valence-electron chi connectivity index (χ4n) is 1.27. The molecule has 1 aromatic heterocycles. The number of fused-ring (bicyclic) bond motifs is 1. The molecule has 0 saturated carbocycles. The number of aromatic hydroxyl groups is 1. The average Bonchev–Trinajstić information content (AvgIpc) is 2.43. The van der Waals surface area contributed by atoms with Crippen LogP contribution < -0.4 is 4.74 Å². The van der Waals surface area contributed by atoms with Crippen LogP contribution in [0.15, 0.2) is 22.4 Å². The molecule has 2 nitrogen and oxygen atoms in total. The number of hydrogen-bond acceptors (Lipinski definition) is 4. The van der Waals surface area contributed by atoms with E-state index in [9.17, 15) is 5.11 Å². The Hall–Kier alpha value is -0.870. The Morgan fingerprint density at radius 3 is 2.92 bits per heavy atom. The van der Waals surface area contributed by atoms with Crippen molar-refractivity contribution >= 4 is 34.1 Å². The highest BCUT2D eigenvalue weighted by Crippen LogP contribution is 2.43. The number of thiophene rings is 1. The molecule has 0 atom stereocenters. The van der Waals surface area contributed by atoms with Crippen molar-refractivity contribution in [2.45, 2.75) is 4.21 Å². The standard InChI is InChI=1S/C9H8O2S2/c1-11-7-5-3-2-4-6(10)8(5)13-9(7)12/h2-4,10,12H,1H3. The molecule has 1 heterocycles. The monoisotopic (exact) mass is 212 g/mol. The van der Waals surface area contributed by atoms with Gasteiger partial charge in [0.2, 0.25) is 0 Å². The molecular weight excluding hydrogens is 204 g/mol. The van der Waals surface area contributed by atoms with Crippen LogP contribution in [0.3, 0.4) is 0 Å². The van der Waals surface area contributed by atoms with Crippen molar-refractivity contribution in [1.82, 2.24) is 0 Å². The Morgan fingerprint density at radius 1 is 1.46 bits per heavy atom. The van der Waals surface area contributed by atoms with Gasteiger partial charge in [-0.1, -0.05) is 6.07 Å². The lowest BCUT2D eigenvalue weighted by molar-refractivity contribution is 0.413. The lowest BCUT2D eigenvalue weighted by Gasteiger charge is -1.97. The molecule has 0 bridgehead atoms. The third-order valence-corrected chi connectivity index (χ3v) is 3.32. The molecule has 0 unspecified atom stereocenters. The number of phenols is 1. The van der Waals surface area contributed by atoms with Crippen molar-refractivity contribution in [1.29, 1.82) is 0 Å². The molecule has 4 heteroatoms. The van der Waals surface area contributed by atoms with Gasteiger partial charge >= 0.3 is 0 Å². The molecule has 0 spiro atoms. The molecule has 0 saturated heterocycles. The Labute approximate surface area is 85.2 Å². The normalized spacial score (nSPS) is 10.6. The summed E-state index contributed by atoms with van der Waals surface area (Å²) in [5.74, 6) is 1.01. The molecule has 0 aliphatic heterocycles. The first-order valence-corrected chi connectivity index (χ1v) is 4.98. The maximum Gasteiger partial charge on any atom is 0.151 e. The van der Waals surface area contributed by atoms with Crippen molar-refractivity contribution in [2.75, 3.05) is 7.11 Å². The molecule has 0 radical (unpaired) electrons. The second kappa shape index (κ2) is 3.12. The third-order valence-electron chi connectivity index (χ3n) is 1.84. The van der Waals surface area contributed by atoms with Crippen molar-refractivity contribution in [2.24, 2.45) is 0 Å². The summed E-state index contributed by atoms with van der Waals surface area (Å²) in [4.78, 5) is 0. The molecular formula is C9H8O2S2. The Kier molecular flexibility index (Phi) is 2.09. The van der Waals surface area contributed by atoms with E-state index >= 15 is 0 Å². The fraction of sp³-hybridized carbons (Fsp3) is 0.111. The summed E-state index contributed by atoms with van der Waals surface area (Å²) in [6, 6.07) is 5.36. The van der Waals surface area contributed by atoms with Gasteiger partial charge in [-0.15, -0.1) is 24.0 Å². The van der Waals surface area contributed by atoms with E-state index in [1.165, 1.54) is 11.3 Å². The number of ether oxygens (including phenoxy) is 1. The summed E-state index contributed by atoms with van der Waals surface area (Å²) >= 11 is 5.69. The van der Waals surface area contributed by atoms with Crippen LogP contribution in [0, 0.1) is 0 Å². The Bertz CT molecular complexity index is 448. The van der Waals surface area contributed by atoms with Crippen LogP contribution in [0.1, 0.15) is 0 Å². The molecule has 2 rings (SSSR count). The van der Waals surface area contributed by atoms with E-state index in [-0.39, 0.29) is 5.75 Å². The molecule has 0 fully saturated rings. The van der Waals surface area contributed by atoms with Gasteiger partial charge in [0.15, 0.2) is 5.75 Å². The maximum absolute atomic E-state index is 9.53. The zero-order valence-corrected chi connectivity index (χ0v) is 8.65. The van der Waals surface area contributed by atoms with E-state index in [0.717, 1.165) is 20.0 Å².